The van der Waals surface area contributed by atoms with Gasteiger partial charge in [0.25, 0.3) is 0 Å². The summed E-state index contributed by atoms with van der Waals surface area (Å²) < 4.78 is 1.87. The minimum Gasteiger partial charge on any atom is -0.326 e. The highest BCUT2D eigenvalue weighted by atomic mass is 32.2. The zero-order chi connectivity index (χ0) is 20.6. The Labute approximate surface area is 172 Å². The van der Waals surface area contributed by atoms with Crippen molar-refractivity contribution in [2.24, 2.45) is 0 Å². The minimum absolute atomic E-state index is 0.146. The number of rotatable bonds is 8. The largest absolute Gasteiger partial charge is 0.326 e. The Morgan fingerprint density at radius 2 is 1.83 bits per heavy atom. The molecule has 1 aromatic carbocycles. The number of nitrogens with one attached hydrogen (secondary N) is 2. The Balaban J connectivity index is 1.63. The molecular formula is C20H20N6O2S. The molecule has 0 saturated heterocycles. The molecule has 2 N–H and O–H groups in total. The predicted octanol–water partition coefficient (Wildman–Crippen LogP) is 3.22. The first-order valence-corrected chi connectivity index (χ1v) is 9.81. The second kappa shape index (κ2) is 9.65. The number of benzene rings is 1. The van der Waals surface area contributed by atoms with Crippen LogP contribution in [0.15, 0.2) is 66.5 Å². The summed E-state index contributed by atoms with van der Waals surface area (Å²) in [5.74, 6) is 0.481. The molecule has 8 nitrogen and oxygen atoms in total. The summed E-state index contributed by atoms with van der Waals surface area (Å²) in [6, 6.07) is 12.5. The van der Waals surface area contributed by atoms with Crippen LogP contribution in [0, 0.1) is 0 Å². The van der Waals surface area contributed by atoms with Gasteiger partial charge in [0, 0.05) is 31.0 Å². The molecule has 29 heavy (non-hydrogen) atoms. The number of thioether (sulfide) groups is 1. The summed E-state index contributed by atoms with van der Waals surface area (Å²) in [5, 5.41) is 14.5. The normalized spacial score (nSPS) is 10.4. The van der Waals surface area contributed by atoms with E-state index in [1.807, 2.05) is 22.8 Å². The van der Waals surface area contributed by atoms with Crippen molar-refractivity contribution < 1.29 is 9.59 Å². The fourth-order valence-corrected chi connectivity index (χ4v) is 3.29. The Morgan fingerprint density at radius 1 is 1.10 bits per heavy atom. The summed E-state index contributed by atoms with van der Waals surface area (Å²) in [6.45, 7) is 5.73. The van der Waals surface area contributed by atoms with Gasteiger partial charge in [-0.1, -0.05) is 23.9 Å². The molecule has 0 aliphatic heterocycles. The molecule has 2 aromatic heterocycles. The van der Waals surface area contributed by atoms with Crippen molar-refractivity contribution in [1.29, 1.82) is 0 Å². The third kappa shape index (κ3) is 5.52. The van der Waals surface area contributed by atoms with Crippen LogP contribution in [-0.2, 0) is 16.1 Å². The molecule has 0 aliphatic rings. The first-order chi connectivity index (χ1) is 14.1. The molecule has 0 atom stereocenters. The van der Waals surface area contributed by atoms with Crippen LogP contribution < -0.4 is 10.6 Å². The quantitative estimate of drug-likeness (QED) is 0.438. The van der Waals surface area contributed by atoms with Crippen molar-refractivity contribution in [2.75, 3.05) is 16.4 Å². The molecule has 0 bridgehead atoms. The Morgan fingerprint density at radius 3 is 2.45 bits per heavy atom. The van der Waals surface area contributed by atoms with Crippen LogP contribution in [-0.4, -0.2) is 37.3 Å². The standard InChI is InChI=1S/C20H20N6O2S/c1-3-12-26-19(17-6-4-5-11-21-17)24-25-20(26)29-13-18(28)23-16-9-7-15(8-10-16)22-14(2)27/h3-11H,1,12-13H2,2H3,(H,22,27)(H,23,28). The SMILES string of the molecule is C=CCn1c(SCC(=O)Nc2ccc(NC(C)=O)cc2)nnc1-c1ccccn1. The van der Waals surface area contributed by atoms with Crippen molar-refractivity contribution in [1.82, 2.24) is 19.7 Å². The molecule has 148 valence electrons. The molecule has 3 aromatic rings. The van der Waals surface area contributed by atoms with Crippen LogP contribution in [0.25, 0.3) is 11.5 Å². The first-order valence-electron chi connectivity index (χ1n) is 8.82. The van der Waals surface area contributed by atoms with E-state index in [-0.39, 0.29) is 17.6 Å². The van der Waals surface area contributed by atoms with Gasteiger partial charge in [-0.15, -0.1) is 16.8 Å². The van der Waals surface area contributed by atoms with Crippen molar-refractivity contribution in [3.05, 3.63) is 61.3 Å². The van der Waals surface area contributed by atoms with E-state index < -0.39 is 0 Å². The van der Waals surface area contributed by atoms with Gasteiger partial charge in [-0.05, 0) is 36.4 Å². The fraction of sp³-hybridized carbons (Fsp3) is 0.150. The average Bonchev–Trinajstić information content (AvgIpc) is 3.11. The smallest absolute Gasteiger partial charge is 0.234 e. The fourth-order valence-electron chi connectivity index (χ4n) is 2.54. The third-order valence-electron chi connectivity index (χ3n) is 3.74. The third-order valence-corrected chi connectivity index (χ3v) is 4.71. The zero-order valence-corrected chi connectivity index (χ0v) is 16.6. The number of hydrogen-bond acceptors (Lipinski definition) is 6. The van der Waals surface area contributed by atoms with Gasteiger partial charge < -0.3 is 10.6 Å². The van der Waals surface area contributed by atoms with Gasteiger partial charge in [-0.3, -0.25) is 19.1 Å². The maximum Gasteiger partial charge on any atom is 0.234 e. The van der Waals surface area contributed by atoms with E-state index in [1.54, 1.807) is 36.5 Å². The van der Waals surface area contributed by atoms with Crippen LogP contribution in [0.4, 0.5) is 11.4 Å². The van der Waals surface area contributed by atoms with E-state index in [2.05, 4.69) is 32.4 Å². The molecule has 0 aliphatic carbocycles. The number of pyridine rings is 1. The van der Waals surface area contributed by atoms with Gasteiger partial charge >= 0.3 is 0 Å². The molecule has 2 amide bonds. The van der Waals surface area contributed by atoms with E-state index in [9.17, 15) is 9.59 Å². The van der Waals surface area contributed by atoms with Crippen LogP contribution in [0.3, 0.4) is 0 Å². The first kappa shape index (κ1) is 20.3. The number of amides is 2. The molecule has 2 heterocycles. The van der Waals surface area contributed by atoms with Crippen LogP contribution in [0.2, 0.25) is 0 Å². The molecule has 0 radical (unpaired) electrons. The highest BCUT2D eigenvalue weighted by Gasteiger charge is 2.15. The Bertz CT molecular complexity index is 1000. The molecule has 3 rings (SSSR count). The van der Waals surface area contributed by atoms with Gasteiger partial charge in [-0.2, -0.15) is 0 Å². The summed E-state index contributed by atoms with van der Waals surface area (Å²) in [5.41, 5.74) is 2.02. The number of carbonyl (C=O) groups excluding carboxylic acids is 2. The van der Waals surface area contributed by atoms with E-state index >= 15 is 0 Å². The van der Waals surface area contributed by atoms with Crippen molar-refractivity contribution >= 4 is 35.0 Å². The number of anilines is 2. The molecule has 9 heteroatoms. The van der Waals surface area contributed by atoms with E-state index in [4.69, 9.17) is 0 Å². The van der Waals surface area contributed by atoms with Gasteiger partial charge in [0.1, 0.15) is 5.69 Å². The summed E-state index contributed by atoms with van der Waals surface area (Å²) >= 11 is 1.29. The summed E-state index contributed by atoms with van der Waals surface area (Å²) in [4.78, 5) is 27.7. The molecule has 0 spiro atoms. The highest BCUT2D eigenvalue weighted by molar-refractivity contribution is 7.99. The number of nitrogens with zero attached hydrogens (tertiary/aromatic N) is 4. The van der Waals surface area contributed by atoms with Crippen molar-refractivity contribution in [2.45, 2.75) is 18.6 Å². The summed E-state index contributed by atoms with van der Waals surface area (Å²) in [7, 11) is 0. The van der Waals surface area contributed by atoms with Gasteiger partial charge in [-0.25, -0.2) is 0 Å². The molecular weight excluding hydrogens is 388 g/mol. The average molecular weight is 408 g/mol. The van der Waals surface area contributed by atoms with Crippen LogP contribution in [0.5, 0.6) is 0 Å². The Hall–Kier alpha value is -3.46. The van der Waals surface area contributed by atoms with Crippen molar-refractivity contribution in [3.63, 3.8) is 0 Å². The molecule has 0 saturated carbocycles. The van der Waals surface area contributed by atoms with Crippen LogP contribution >= 0.6 is 11.8 Å². The van der Waals surface area contributed by atoms with Gasteiger partial charge in [0.15, 0.2) is 11.0 Å². The Kier molecular flexibility index (Phi) is 6.75. The van der Waals surface area contributed by atoms with Crippen molar-refractivity contribution in [3.8, 4) is 11.5 Å². The maximum atomic E-state index is 12.3. The van der Waals surface area contributed by atoms with E-state index in [0.29, 0.717) is 34.6 Å². The highest BCUT2D eigenvalue weighted by Crippen LogP contribution is 2.23. The number of allylic oxidation sites excluding steroid dienone is 1. The lowest BCUT2D eigenvalue weighted by molar-refractivity contribution is -0.114. The maximum absolute atomic E-state index is 12.3. The second-order valence-corrected chi connectivity index (χ2v) is 6.96. The van der Waals surface area contributed by atoms with Gasteiger partial charge in [0.05, 0.1) is 5.75 Å². The van der Waals surface area contributed by atoms with Gasteiger partial charge in [0.2, 0.25) is 11.8 Å². The molecule has 0 unspecified atom stereocenters. The summed E-state index contributed by atoms with van der Waals surface area (Å²) in [6.07, 6.45) is 3.44. The lowest BCUT2D eigenvalue weighted by atomic mass is 10.3. The topological polar surface area (TPSA) is 102 Å². The number of hydrogen-bond donors (Lipinski definition) is 2. The lowest BCUT2D eigenvalue weighted by Gasteiger charge is -2.08. The number of carbonyl (C=O) groups is 2. The second-order valence-electron chi connectivity index (χ2n) is 6.02. The number of aromatic nitrogens is 4. The van der Waals surface area contributed by atoms with Crippen LogP contribution in [0.1, 0.15) is 6.92 Å². The predicted molar refractivity (Wildman–Crippen MR) is 114 cm³/mol. The monoisotopic (exact) mass is 408 g/mol. The lowest BCUT2D eigenvalue weighted by Crippen LogP contribution is -2.15. The minimum atomic E-state index is -0.171. The molecule has 0 fully saturated rings. The van der Waals surface area contributed by atoms with E-state index in [0.717, 1.165) is 0 Å². The zero-order valence-electron chi connectivity index (χ0n) is 15.8. The van der Waals surface area contributed by atoms with E-state index in [1.165, 1.54) is 18.7 Å².